The summed E-state index contributed by atoms with van der Waals surface area (Å²) in [6, 6.07) is 10.7. The molecule has 2 aliphatic rings. The Kier molecular flexibility index (Phi) is 5.57. The molecule has 2 amide bonds. The van der Waals surface area contributed by atoms with Crippen molar-refractivity contribution >= 4 is 44.8 Å². The van der Waals surface area contributed by atoms with Crippen molar-refractivity contribution in [1.29, 1.82) is 0 Å². The van der Waals surface area contributed by atoms with E-state index in [1.165, 1.54) is 22.2 Å². The summed E-state index contributed by atoms with van der Waals surface area (Å²) in [4.78, 5) is 26.8. The molecule has 0 aliphatic carbocycles. The molecule has 1 atom stereocenters. The third kappa shape index (κ3) is 3.82. The van der Waals surface area contributed by atoms with Gasteiger partial charge in [-0.1, -0.05) is 11.6 Å². The van der Waals surface area contributed by atoms with E-state index in [-0.39, 0.29) is 23.1 Å². The van der Waals surface area contributed by atoms with Crippen LogP contribution in [0.15, 0.2) is 47.4 Å². The summed E-state index contributed by atoms with van der Waals surface area (Å²) >= 11 is 5.88. The Morgan fingerprint density at radius 2 is 1.73 bits per heavy atom. The van der Waals surface area contributed by atoms with Crippen LogP contribution in [0.1, 0.15) is 25.3 Å². The first-order valence-electron chi connectivity index (χ1n) is 9.77. The van der Waals surface area contributed by atoms with Crippen LogP contribution < -0.4 is 10.2 Å². The quantitative estimate of drug-likeness (QED) is 0.780. The summed E-state index contributed by atoms with van der Waals surface area (Å²) in [5.41, 5.74) is 1.81. The summed E-state index contributed by atoms with van der Waals surface area (Å²) in [5.74, 6) is -0.618. The molecule has 2 aromatic rings. The molecule has 2 heterocycles. The lowest BCUT2D eigenvalue weighted by Crippen LogP contribution is -2.44. The van der Waals surface area contributed by atoms with Gasteiger partial charge in [0.1, 0.15) is 6.04 Å². The van der Waals surface area contributed by atoms with Gasteiger partial charge in [0.2, 0.25) is 21.8 Å². The number of halogens is 1. The highest BCUT2D eigenvalue weighted by atomic mass is 35.5. The molecule has 1 saturated heterocycles. The number of carbonyl (C=O) groups is 2. The Morgan fingerprint density at radius 1 is 1.07 bits per heavy atom. The van der Waals surface area contributed by atoms with E-state index in [9.17, 15) is 18.0 Å². The number of amides is 2. The van der Waals surface area contributed by atoms with Gasteiger partial charge in [0, 0.05) is 42.8 Å². The smallest absolute Gasteiger partial charge is 0.247 e. The van der Waals surface area contributed by atoms with Crippen molar-refractivity contribution in [3.63, 3.8) is 0 Å². The molecule has 0 bridgehead atoms. The molecular formula is C21H22ClN3O4S. The number of benzene rings is 2. The summed E-state index contributed by atoms with van der Waals surface area (Å²) < 4.78 is 27.3. The molecule has 1 unspecified atom stereocenters. The van der Waals surface area contributed by atoms with E-state index in [1.54, 1.807) is 36.4 Å². The van der Waals surface area contributed by atoms with Crippen molar-refractivity contribution in [2.75, 3.05) is 23.3 Å². The predicted molar refractivity (Wildman–Crippen MR) is 115 cm³/mol. The van der Waals surface area contributed by atoms with Crippen LogP contribution in [-0.2, 0) is 26.0 Å². The van der Waals surface area contributed by atoms with Gasteiger partial charge in [-0.25, -0.2) is 8.42 Å². The number of fused-ring (bicyclic) bond motifs is 1. The monoisotopic (exact) mass is 447 g/mol. The zero-order valence-electron chi connectivity index (χ0n) is 16.5. The molecule has 7 nitrogen and oxygen atoms in total. The number of anilines is 2. The molecule has 158 valence electrons. The van der Waals surface area contributed by atoms with Crippen LogP contribution in [0.3, 0.4) is 0 Å². The lowest BCUT2D eigenvalue weighted by atomic mass is 10.1. The van der Waals surface area contributed by atoms with Gasteiger partial charge in [-0.3, -0.25) is 14.5 Å². The lowest BCUT2D eigenvalue weighted by Gasteiger charge is -2.23. The Hall–Kier alpha value is -2.42. The number of nitrogens with zero attached hydrogens (tertiary/aromatic N) is 2. The van der Waals surface area contributed by atoms with E-state index in [2.05, 4.69) is 5.32 Å². The molecule has 0 aromatic heterocycles. The van der Waals surface area contributed by atoms with Crippen molar-refractivity contribution in [2.45, 2.75) is 37.1 Å². The Morgan fingerprint density at radius 3 is 2.37 bits per heavy atom. The van der Waals surface area contributed by atoms with Crippen molar-refractivity contribution in [2.24, 2.45) is 0 Å². The third-order valence-corrected chi connectivity index (χ3v) is 7.64. The first-order chi connectivity index (χ1) is 14.3. The summed E-state index contributed by atoms with van der Waals surface area (Å²) in [5, 5.41) is 3.36. The number of sulfonamides is 1. The van der Waals surface area contributed by atoms with Crippen LogP contribution in [0, 0.1) is 0 Å². The second-order valence-corrected chi connectivity index (χ2v) is 9.88. The molecule has 0 saturated carbocycles. The summed E-state index contributed by atoms with van der Waals surface area (Å²) in [6.07, 6.45) is 1.96. The minimum atomic E-state index is -3.57. The van der Waals surface area contributed by atoms with Gasteiger partial charge in [-0.15, -0.1) is 0 Å². The van der Waals surface area contributed by atoms with Crippen LogP contribution >= 0.6 is 11.6 Å². The average molecular weight is 448 g/mol. The number of hydrogen-bond donors (Lipinski definition) is 1. The van der Waals surface area contributed by atoms with Crippen LogP contribution in [0.4, 0.5) is 11.4 Å². The molecule has 2 aliphatic heterocycles. The molecule has 2 aromatic carbocycles. The maximum Gasteiger partial charge on any atom is 0.247 e. The van der Waals surface area contributed by atoms with E-state index in [1.807, 2.05) is 0 Å². The van der Waals surface area contributed by atoms with Crippen molar-refractivity contribution in [3.05, 3.63) is 53.1 Å². The number of carbonyl (C=O) groups excluding carboxylic acids is 2. The maximum absolute atomic E-state index is 12.9. The molecular weight excluding hydrogens is 426 g/mol. The van der Waals surface area contributed by atoms with E-state index in [0.29, 0.717) is 35.1 Å². The number of rotatable bonds is 4. The van der Waals surface area contributed by atoms with Crippen molar-refractivity contribution in [3.8, 4) is 0 Å². The highest BCUT2D eigenvalue weighted by molar-refractivity contribution is 7.89. The van der Waals surface area contributed by atoms with Crippen LogP contribution in [0.5, 0.6) is 0 Å². The highest BCUT2D eigenvalue weighted by Gasteiger charge is 2.38. The summed E-state index contributed by atoms with van der Waals surface area (Å²) in [7, 11) is -3.57. The molecule has 1 N–H and O–H groups in total. The van der Waals surface area contributed by atoms with Crippen LogP contribution in [0.2, 0.25) is 5.02 Å². The first kappa shape index (κ1) is 20.8. The second kappa shape index (κ2) is 8.02. The number of hydrogen-bond acceptors (Lipinski definition) is 4. The molecule has 4 rings (SSSR count). The molecule has 0 spiro atoms. The molecule has 30 heavy (non-hydrogen) atoms. The fourth-order valence-electron chi connectivity index (χ4n) is 4.02. The third-order valence-electron chi connectivity index (χ3n) is 5.49. The topological polar surface area (TPSA) is 86.8 Å². The standard InChI is InChI=1S/C21H22ClN3O4S/c1-14(26)25-19-9-8-18(30(28,29)24-10-2-3-11-24)12-15(19)13-20(25)21(27)23-17-6-4-16(22)5-7-17/h4-9,12,20H,2-3,10-11,13H2,1H3,(H,23,27). The van der Waals surface area contributed by atoms with Gasteiger partial charge < -0.3 is 5.32 Å². The van der Waals surface area contributed by atoms with Crippen LogP contribution in [0.25, 0.3) is 0 Å². The van der Waals surface area contributed by atoms with Gasteiger partial charge in [-0.2, -0.15) is 4.31 Å². The average Bonchev–Trinajstić information content (AvgIpc) is 3.37. The van der Waals surface area contributed by atoms with Gasteiger partial charge in [-0.05, 0) is 60.9 Å². The zero-order chi connectivity index (χ0) is 21.5. The van der Waals surface area contributed by atoms with E-state index in [4.69, 9.17) is 11.6 Å². The Labute approximate surface area is 180 Å². The fraction of sp³-hybridized carbons (Fsp3) is 0.333. The number of nitrogens with one attached hydrogen (secondary N) is 1. The largest absolute Gasteiger partial charge is 0.324 e. The Balaban J connectivity index is 1.61. The van der Waals surface area contributed by atoms with Crippen molar-refractivity contribution < 1.29 is 18.0 Å². The van der Waals surface area contributed by atoms with E-state index in [0.717, 1.165) is 12.8 Å². The predicted octanol–water partition coefficient (Wildman–Crippen LogP) is 3.04. The minimum absolute atomic E-state index is 0.199. The molecule has 0 radical (unpaired) electrons. The SMILES string of the molecule is CC(=O)N1c2ccc(S(=O)(=O)N3CCCC3)cc2CC1C(=O)Nc1ccc(Cl)cc1. The molecule has 9 heteroatoms. The van der Waals surface area contributed by atoms with E-state index >= 15 is 0 Å². The lowest BCUT2D eigenvalue weighted by molar-refractivity contribution is -0.122. The maximum atomic E-state index is 12.9. The minimum Gasteiger partial charge on any atom is -0.324 e. The second-order valence-electron chi connectivity index (χ2n) is 7.51. The molecule has 1 fully saturated rings. The van der Waals surface area contributed by atoms with E-state index < -0.39 is 16.1 Å². The normalized spacial score (nSPS) is 19.0. The summed E-state index contributed by atoms with van der Waals surface area (Å²) in [6.45, 7) is 2.43. The van der Waals surface area contributed by atoms with Gasteiger partial charge in [0.05, 0.1) is 4.90 Å². The van der Waals surface area contributed by atoms with Gasteiger partial charge >= 0.3 is 0 Å². The van der Waals surface area contributed by atoms with Crippen molar-refractivity contribution in [1.82, 2.24) is 4.31 Å². The fourth-order valence-corrected chi connectivity index (χ4v) is 5.72. The first-order valence-corrected chi connectivity index (χ1v) is 11.6. The van der Waals surface area contributed by atoms with Crippen LogP contribution in [-0.4, -0.2) is 43.7 Å². The zero-order valence-corrected chi connectivity index (χ0v) is 18.0. The Bertz CT molecular complexity index is 1100. The highest BCUT2D eigenvalue weighted by Crippen LogP contribution is 2.35. The van der Waals surface area contributed by atoms with Gasteiger partial charge in [0.15, 0.2) is 0 Å². The van der Waals surface area contributed by atoms with Gasteiger partial charge in [0.25, 0.3) is 0 Å².